The van der Waals surface area contributed by atoms with Gasteiger partial charge in [0, 0.05) is 24.2 Å². The molecule has 3 heterocycles. The average Bonchev–Trinajstić information content (AvgIpc) is 2.81. The van der Waals surface area contributed by atoms with Gasteiger partial charge >= 0.3 is 0 Å². The van der Waals surface area contributed by atoms with E-state index in [9.17, 15) is 4.79 Å². The van der Waals surface area contributed by atoms with Crippen LogP contribution in [0.4, 0.5) is 0 Å². The van der Waals surface area contributed by atoms with Crippen molar-refractivity contribution in [3.8, 4) is 0 Å². The number of hydrogen-bond acceptors (Lipinski definition) is 3. The number of fused-ring (bicyclic) bond motifs is 3. The second-order valence-electron chi connectivity index (χ2n) is 4.79. The molecule has 0 spiro atoms. The quantitative estimate of drug-likeness (QED) is 0.638. The molecule has 0 saturated heterocycles. The largest absolute Gasteiger partial charge is 0.344 e. The highest BCUT2D eigenvalue weighted by atomic mass is 33.1. The molecule has 0 radical (unpaired) electrons. The first-order valence-electron chi connectivity index (χ1n) is 6.77. The van der Waals surface area contributed by atoms with Gasteiger partial charge in [0.25, 0.3) is 5.56 Å². The minimum atomic E-state index is 0.156. The minimum absolute atomic E-state index is 0.156. The fourth-order valence-electron chi connectivity index (χ4n) is 2.68. The predicted octanol–water partition coefficient (Wildman–Crippen LogP) is 3.50. The molecule has 0 bridgehead atoms. The third-order valence-electron chi connectivity index (χ3n) is 3.59. The van der Waals surface area contributed by atoms with E-state index in [2.05, 4.69) is 23.6 Å². The van der Waals surface area contributed by atoms with Gasteiger partial charge in [0.15, 0.2) is 0 Å². The van der Waals surface area contributed by atoms with Crippen molar-refractivity contribution in [1.29, 1.82) is 0 Å². The van der Waals surface area contributed by atoms with Crippen molar-refractivity contribution in [1.82, 2.24) is 9.13 Å². The smallest absolute Gasteiger partial charge is 0.260 e. The fraction of sp³-hybridized carbons (Fsp3) is 0.500. The molecule has 0 atom stereocenters. The van der Waals surface area contributed by atoms with Crippen molar-refractivity contribution in [2.75, 3.05) is 5.75 Å². The lowest BCUT2D eigenvalue weighted by atomic mass is 10.1. The first kappa shape index (κ1) is 13.2. The van der Waals surface area contributed by atoms with Crippen LogP contribution in [0.3, 0.4) is 0 Å². The molecule has 0 N–H and O–H groups in total. The van der Waals surface area contributed by atoms with Crippen LogP contribution in [0.15, 0.2) is 23.1 Å². The zero-order valence-corrected chi connectivity index (χ0v) is 12.7. The Balaban J connectivity index is 2.00. The Morgan fingerprint density at radius 2 is 2.21 bits per heavy atom. The van der Waals surface area contributed by atoms with Gasteiger partial charge in [-0.05, 0) is 31.4 Å². The SMILES string of the molecule is CCSSCn1ccc2c(cc3n2CCCC3)c1=O. The van der Waals surface area contributed by atoms with Crippen LogP contribution in [-0.4, -0.2) is 14.9 Å². The molecule has 19 heavy (non-hydrogen) atoms. The lowest BCUT2D eigenvalue weighted by Crippen LogP contribution is -2.18. The summed E-state index contributed by atoms with van der Waals surface area (Å²) in [5.41, 5.74) is 2.60. The highest BCUT2D eigenvalue weighted by molar-refractivity contribution is 8.76. The van der Waals surface area contributed by atoms with Crippen LogP contribution in [0.5, 0.6) is 0 Å². The van der Waals surface area contributed by atoms with Gasteiger partial charge in [0.1, 0.15) is 0 Å². The van der Waals surface area contributed by atoms with Gasteiger partial charge in [0.05, 0.1) is 16.8 Å². The lowest BCUT2D eigenvalue weighted by molar-refractivity contribution is 0.545. The highest BCUT2D eigenvalue weighted by Crippen LogP contribution is 2.25. The second-order valence-corrected chi connectivity index (χ2v) is 7.51. The number of nitrogens with zero attached hydrogens (tertiary/aromatic N) is 2. The summed E-state index contributed by atoms with van der Waals surface area (Å²) in [7, 11) is 3.53. The van der Waals surface area contributed by atoms with E-state index in [4.69, 9.17) is 0 Å². The first-order valence-corrected chi connectivity index (χ1v) is 9.26. The minimum Gasteiger partial charge on any atom is -0.344 e. The van der Waals surface area contributed by atoms with E-state index >= 15 is 0 Å². The van der Waals surface area contributed by atoms with Gasteiger partial charge in [-0.15, -0.1) is 0 Å². The lowest BCUT2D eigenvalue weighted by Gasteiger charge is -2.15. The van der Waals surface area contributed by atoms with Crippen molar-refractivity contribution in [2.24, 2.45) is 0 Å². The van der Waals surface area contributed by atoms with Crippen LogP contribution in [0, 0.1) is 0 Å². The molecular weight excluding hydrogens is 276 g/mol. The molecule has 5 heteroatoms. The monoisotopic (exact) mass is 294 g/mol. The molecule has 0 unspecified atom stereocenters. The van der Waals surface area contributed by atoms with Crippen LogP contribution >= 0.6 is 21.6 Å². The molecule has 0 aliphatic carbocycles. The van der Waals surface area contributed by atoms with Gasteiger partial charge in [-0.1, -0.05) is 28.5 Å². The van der Waals surface area contributed by atoms with E-state index in [1.807, 2.05) is 10.8 Å². The molecule has 3 nitrogen and oxygen atoms in total. The molecule has 1 aliphatic rings. The molecule has 3 rings (SSSR count). The van der Waals surface area contributed by atoms with E-state index in [0.717, 1.165) is 35.5 Å². The molecule has 102 valence electrons. The maximum Gasteiger partial charge on any atom is 0.260 e. The average molecular weight is 294 g/mol. The number of aryl methyl sites for hydroxylation is 2. The maximum atomic E-state index is 12.5. The van der Waals surface area contributed by atoms with Gasteiger partial charge in [-0.2, -0.15) is 0 Å². The van der Waals surface area contributed by atoms with Crippen LogP contribution in [0.25, 0.3) is 10.9 Å². The summed E-state index contributed by atoms with van der Waals surface area (Å²) in [5, 5.41) is 0.890. The van der Waals surface area contributed by atoms with Crippen molar-refractivity contribution in [2.45, 2.75) is 38.6 Å². The molecule has 0 fully saturated rings. The van der Waals surface area contributed by atoms with Crippen molar-refractivity contribution >= 4 is 32.5 Å². The Morgan fingerprint density at radius 3 is 3.05 bits per heavy atom. The Kier molecular flexibility index (Phi) is 3.93. The summed E-state index contributed by atoms with van der Waals surface area (Å²) in [4.78, 5) is 12.5. The third kappa shape index (κ3) is 2.46. The topological polar surface area (TPSA) is 26.9 Å². The second kappa shape index (κ2) is 5.67. The Labute approximate surface area is 120 Å². The van der Waals surface area contributed by atoms with E-state index < -0.39 is 0 Å². The zero-order valence-electron chi connectivity index (χ0n) is 11.1. The molecule has 2 aromatic rings. The summed E-state index contributed by atoms with van der Waals surface area (Å²) >= 11 is 0. The van der Waals surface area contributed by atoms with Gasteiger partial charge in [-0.3, -0.25) is 4.79 Å². The molecular formula is C14H18N2OS2. The summed E-state index contributed by atoms with van der Waals surface area (Å²) in [5.74, 6) is 1.80. The van der Waals surface area contributed by atoms with Crippen LogP contribution in [0.1, 0.15) is 25.5 Å². The molecule has 0 aromatic carbocycles. The van der Waals surface area contributed by atoms with Gasteiger partial charge in [-0.25, -0.2) is 0 Å². The summed E-state index contributed by atoms with van der Waals surface area (Å²) in [6, 6.07) is 4.20. The number of rotatable bonds is 4. The summed E-state index contributed by atoms with van der Waals surface area (Å²) in [6.45, 7) is 3.19. The molecule has 0 saturated carbocycles. The summed E-state index contributed by atoms with van der Waals surface area (Å²) in [6.07, 6.45) is 5.51. The van der Waals surface area contributed by atoms with Crippen molar-refractivity contribution in [3.63, 3.8) is 0 Å². The van der Waals surface area contributed by atoms with Crippen LogP contribution < -0.4 is 5.56 Å². The maximum absolute atomic E-state index is 12.5. The molecule has 0 amide bonds. The fourth-order valence-corrected chi connectivity index (χ4v) is 4.30. The highest BCUT2D eigenvalue weighted by Gasteiger charge is 2.15. The van der Waals surface area contributed by atoms with Crippen LogP contribution in [0.2, 0.25) is 0 Å². The third-order valence-corrected chi connectivity index (χ3v) is 5.89. The normalized spacial score (nSPS) is 14.8. The van der Waals surface area contributed by atoms with Crippen molar-refractivity contribution < 1.29 is 0 Å². The Morgan fingerprint density at radius 1 is 1.32 bits per heavy atom. The Bertz CT molecular complexity index is 645. The number of pyridine rings is 1. The first-order chi connectivity index (χ1) is 9.31. The van der Waals surface area contributed by atoms with E-state index in [1.54, 1.807) is 21.6 Å². The van der Waals surface area contributed by atoms with Gasteiger partial charge in [0.2, 0.25) is 0 Å². The van der Waals surface area contributed by atoms with Gasteiger partial charge < -0.3 is 9.13 Å². The van der Waals surface area contributed by atoms with E-state index in [-0.39, 0.29) is 5.56 Å². The number of aromatic nitrogens is 2. The van der Waals surface area contributed by atoms with Crippen LogP contribution in [-0.2, 0) is 18.8 Å². The predicted molar refractivity (Wildman–Crippen MR) is 84.9 cm³/mol. The Hall–Kier alpha value is -0.810. The summed E-state index contributed by atoms with van der Waals surface area (Å²) < 4.78 is 4.14. The standard InChI is InChI=1S/C14H18N2OS2/c1-2-18-19-10-15-8-6-13-12(14(15)17)9-11-5-3-4-7-16(11)13/h6,8-9H,2-5,7,10H2,1H3. The number of hydrogen-bond donors (Lipinski definition) is 0. The zero-order chi connectivity index (χ0) is 13.2. The van der Waals surface area contributed by atoms with E-state index in [0.29, 0.717) is 0 Å². The van der Waals surface area contributed by atoms with Crippen molar-refractivity contribution in [3.05, 3.63) is 34.4 Å². The molecule has 2 aromatic heterocycles. The van der Waals surface area contributed by atoms with E-state index in [1.165, 1.54) is 18.5 Å². The molecule has 1 aliphatic heterocycles.